The van der Waals surface area contributed by atoms with Crippen molar-refractivity contribution in [3.05, 3.63) is 35.9 Å². The molecule has 0 saturated heterocycles. The van der Waals surface area contributed by atoms with Gasteiger partial charge in [0.2, 0.25) is 0 Å². The molecule has 0 aliphatic rings. The number of halogens is 2. The molecule has 1 aromatic carbocycles. The van der Waals surface area contributed by atoms with Gasteiger partial charge in [-0.2, -0.15) is 0 Å². The Morgan fingerprint density at radius 3 is 1.50 bits per heavy atom. The van der Waals surface area contributed by atoms with E-state index in [-0.39, 0.29) is 28.9 Å². The van der Waals surface area contributed by atoms with Gasteiger partial charge in [-0.3, -0.25) is 9.41 Å². The summed E-state index contributed by atoms with van der Waals surface area (Å²) >= 11 is 0. The predicted molar refractivity (Wildman–Crippen MR) is 36.2 cm³/mol. The SMILES string of the molecule is Cc1ccccc1.F.F.[Ru]. The molecule has 0 heterocycles. The van der Waals surface area contributed by atoms with Crippen LogP contribution in [0.3, 0.4) is 0 Å². The maximum absolute atomic E-state index is 2.08. The third-order valence-corrected chi connectivity index (χ3v) is 0.940. The van der Waals surface area contributed by atoms with Crippen LogP contribution in [-0.2, 0) is 19.5 Å². The van der Waals surface area contributed by atoms with Crippen LogP contribution in [-0.4, -0.2) is 0 Å². The Morgan fingerprint density at radius 2 is 1.30 bits per heavy atom. The number of hydrogen-bond donors (Lipinski definition) is 0. The Hall–Kier alpha value is -0.297. The summed E-state index contributed by atoms with van der Waals surface area (Å²) in [5.41, 5.74) is 1.32. The number of aryl methyl sites for hydroxylation is 1. The van der Waals surface area contributed by atoms with Crippen molar-refractivity contribution in [3.63, 3.8) is 0 Å². The average molecular weight is 233 g/mol. The quantitative estimate of drug-likeness (QED) is 0.603. The summed E-state index contributed by atoms with van der Waals surface area (Å²) in [6.07, 6.45) is 0. The molecule has 1 aromatic rings. The second-order valence-electron chi connectivity index (χ2n) is 1.65. The molecule has 0 fully saturated rings. The summed E-state index contributed by atoms with van der Waals surface area (Å²) in [5, 5.41) is 0. The first-order valence-corrected chi connectivity index (χ1v) is 2.41. The fourth-order valence-electron chi connectivity index (χ4n) is 0.534. The van der Waals surface area contributed by atoms with Crippen LogP contribution in [0.5, 0.6) is 0 Å². The molecule has 1 rings (SSSR count). The van der Waals surface area contributed by atoms with E-state index in [0.29, 0.717) is 0 Å². The Labute approximate surface area is 72.1 Å². The van der Waals surface area contributed by atoms with Crippen molar-refractivity contribution >= 4 is 0 Å². The Bertz CT molecular complexity index is 142. The van der Waals surface area contributed by atoms with Gasteiger partial charge in [-0.15, -0.1) is 0 Å². The van der Waals surface area contributed by atoms with Gasteiger partial charge in [-0.05, 0) is 6.92 Å². The van der Waals surface area contributed by atoms with Crippen molar-refractivity contribution in [1.29, 1.82) is 0 Å². The Kier molecular flexibility index (Phi) is 14.2. The number of benzene rings is 1. The van der Waals surface area contributed by atoms with E-state index in [1.807, 2.05) is 18.2 Å². The van der Waals surface area contributed by atoms with Crippen LogP contribution in [0, 0.1) is 6.92 Å². The second-order valence-corrected chi connectivity index (χ2v) is 1.65. The first kappa shape index (κ1) is 16.4. The fraction of sp³-hybridized carbons (Fsp3) is 0.143. The summed E-state index contributed by atoms with van der Waals surface area (Å²) in [6.45, 7) is 2.08. The minimum Gasteiger partial charge on any atom is -0.269 e. The van der Waals surface area contributed by atoms with E-state index in [1.54, 1.807) is 0 Å². The second kappa shape index (κ2) is 8.70. The normalized spacial score (nSPS) is 6.10. The minimum atomic E-state index is 0. The van der Waals surface area contributed by atoms with E-state index in [0.717, 1.165) is 0 Å². The molecule has 60 valence electrons. The molecule has 10 heavy (non-hydrogen) atoms. The Balaban J connectivity index is -0.000000163. The molecule has 0 aliphatic heterocycles. The van der Waals surface area contributed by atoms with Crippen LogP contribution in [0.1, 0.15) is 5.56 Å². The zero-order valence-corrected chi connectivity index (χ0v) is 7.29. The molecule has 0 unspecified atom stereocenters. The molecule has 0 radical (unpaired) electrons. The van der Waals surface area contributed by atoms with Crippen molar-refractivity contribution in [2.75, 3.05) is 0 Å². The first-order valence-electron chi connectivity index (χ1n) is 2.41. The molecule has 0 bridgehead atoms. The molecule has 0 spiro atoms. The molecule has 0 aromatic heterocycles. The predicted octanol–water partition coefficient (Wildman–Crippen LogP) is 2.30. The standard InChI is InChI=1S/C7H8.2FH.Ru/c1-7-5-3-2-4-6-7;;;/h2-6H,1H3;2*1H;. The third kappa shape index (κ3) is 5.83. The van der Waals surface area contributed by atoms with Crippen LogP contribution < -0.4 is 0 Å². The monoisotopic (exact) mass is 234 g/mol. The Morgan fingerprint density at radius 1 is 0.900 bits per heavy atom. The van der Waals surface area contributed by atoms with Crippen molar-refractivity contribution in [2.45, 2.75) is 6.92 Å². The summed E-state index contributed by atoms with van der Waals surface area (Å²) in [5.74, 6) is 0. The number of rotatable bonds is 0. The summed E-state index contributed by atoms with van der Waals surface area (Å²) in [7, 11) is 0. The van der Waals surface area contributed by atoms with E-state index >= 15 is 0 Å². The van der Waals surface area contributed by atoms with Gasteiger partial charge < -0.3 is 0 Å². The molecule has 0 aliphatic carbocycles. The van der Waals surface area contributed by atoms with Crippen LogP contribution in [0.25, 0.3) is 0 Å². The van der Waals surface area contributed by atoms with Gasteiger partial charge >= 0.3 is 0 Å². The molecular formula is C7H10F2Ru. The smallest absolute Gasteiger partial charge is 0 e. The van der Waals surface area contributed by atoms with E-state index in [9.17, 15) is 0 Å². The summed E-state index contributed by atoms with van der Waals surface area (Å²) < 4.78 is 0. The minimum absolute atomic E-state index is 0. The van der Waals surface area contributed by atoms with Gasteiger partial charge in [0.05, 0.1) is 0 Å². The van der Waals surface area contributed by atoms with Gasteiger partial charge in [0, 0.05) is 19.5 Å². The topological polar surface area (TPSA) is 0 Å². The van der Waals surface area contributed by atoms with Gasteiger partial charge in [-0.25, -0.2) is 0 Å². The van der Waals surface area contributed by atoms with Crippen molar-refractivity contribution in [3.8, 4) is 0 Å². The first-order chi connectivity index (χ1) is 3.39. The summed E-state index contributed by atoms with van der Waals surface area (Å²) in [6, 6.07) is 10.3. The van der Waals surface area contributed by atoms with E-state index < -0.39 is 0 Å². The van der Waals surface area contributed by atoms with Crippen molar-refractivity contribution in [1.82, 2.24) is 0 Å². The molecule has 3 heteroatoms. The molecular weight excluding hydrogens is 223 g/mol. The van der Waals surface area contributed by atoms with Gasteiger partial charge in [-0.1, -0.05) is 35.9 Å². The molecule has 0 N–H and O–H groups in total. The number of hydrogen-bond acceptors (Lipinski definition) is 0. The van der Waals surface area contributed by atoms with E-state index in [1.165, 1.54) is 5.56 Å². The fourth-order valence-corrected chi connectivity index (χ4v) is 0.534. The largest absolute Gasteiger partial charge is 0.269 e. The van der Waals surface area contributed by atoms with E-state index in [2.05, 4.69) is 19.1 Å². The van der Waals surface area contributed by atoms with Crippen LogP contribution in [0.15, 0.2) is 30.3 Å². The maximum atomic E-state index is 2.08. The zero-order chi connectivity index (χ0) is 5.11. The third-order valence-electron chi connectivity index (χ3n) is 0.940. The van der Waals surface area contributed by atoms with Crippen molar-refractivity contribution < 1.29 is 28.9 Å². The van der Waals surface area contributed by atoms with Gasteiger partial charge in [0.15, 0.2) is 0 Å². The maximum Gasteiger partial charge on any atom is 0 e. The van der Waals surface area contributed by atoms with Gasteiger partial charge in [0.1, 0.15) is 0 Å². The molecule has 0 saturated carbocycles. The van der Waals surface area contributed by atoms with Crippen molar-refractivity contribution in [2.24, 2.45) is 0 Å². The van der Waals surface area contributed by atoms with Crippen LogP contribution in [0.2, 0.25) is 0 Å². The van der Waals surface area contributed by atoms with E-state index in [4.69, 9.17) is 0 Å². The van der Waals surface area contributed by atoms with Gasteiger partial charge in [0.25, 0.3) is 0 Å². The molecule has 0 amide bonds. The summed E-state index contributed by atoms with van der Waals surface area (Å²) in [4.78, 5) is 0. The molecule has 0 atom stereocenters. The zero-order valence-electron chi connectivity index (χ0n) is 5.56. The van der Waals surface area contributed by atoms with Crippen LogP contribution in [0.4, 0.5) is 9.41 Å². The molecule has 0 nitrogen and oxygen atoms in total. The van der Waals surface area contributed by atoms with Crippen LogP contribution >= 0.6 is 0 Å². The average Bonchev–Trinajstić information content (AvgIpc) is 1.69.